The summed E-state index contributed by atoms with van der Waals surface area (Å²) in [4.78, 5) is 38.5. The molecule has 0 spiro atoms. The number of carbonyl (C=O) groups excluding carboxylic acids is 3. The van der Waals surface area contributed by atoms with E-state index in [9.17, 15) is 14.4 Å². The van der Waals surface area contributed by atoms with Gasteiger partial charge in [-0.3, -0.25) is 14.4 Å². The number of carbonyl (C=O) groups is 3. The first-order valence-corrected chi connectivity index (χ1v) is 9.45. The van der Waals surface area contributed by atoms with Gasteiger partial charge in [0.2, 0.25) is 24.5 Å². The van der Waals surface area contributed by atoms with Gasteiger partial charge >= 0.3 is 0 Å². The van der Waals surface area contributed by atoms with Crippen LogP contribution in [0.4, 0.5) is 11.4 Å². The van der Waals surface area contributed by atoms with Crippen LogP contribution in [0.2, 0.25) is 0 Å². The molecule has 2 aromatic carbocycles. The van der Waals surface area contributed by atoms with Crippen LogP contribution in [0.3, 0.4) is 0 Å². The van der Waals surface area contributed by atoms with Gasteiger partial charge in [0, 0.05) is 30.4 Å². The van der Waals surface area contributed by atoms with Crippen molar-refractivity contribution in [3.05, 3.63) is 42.5 Å². The molecule has 0 saturated carbocycles. The Kier molecular flexibility index (Phi) is 5.42. The number of hydrogen-bond donors (Lipinski definition) is 2. The highest BCUT2D eigenvalue weighted by Crippen LogP contribution is 2.34. The van der Waals surface area contributed by atoms with E-state index in [1.54, 1.807) is 54.5 Å². The third-order valence-corrected chi connectivity index (χ3v) is 4.96. The molecule has 0 bridgehead atoms. The van der Waals surface area contributed by atoms with Gasteiger partial charge in [0.05, 0.1) is 19.6 Å². The van der Waals surface area contributed by atoms with Crippen LogP contribution in [0.1, 0.15) is 6.42 Å². The van der Waals surface area contributed by atoms with Crippen LogP contribution < -0.4 is 29.7 Å². The number of benzene rings is 2. The van der Waals surface area contributed by atoms with Gasteiger partial charge in [-0.15, -0.1) is 0 Å². The van der Waals surface area contributed by atoms with Crippen LogP contribution in [0.15, 0.2) is 42.5 Å². The molecule has 2 aliphatic rings. The van der Waals surface area contributed by atoms with E-state index in [0.29, 0.717) is 28.6 Å². The standard InChI is InChI=1S/C21H21N3O6/c1-28-16-5-3-15(4-6-16)24-11-13(8-20(24)26)21(27)22-10-19(25)23-14-2-7-17-18(9-14)30-12-29-17/h2-7,9,13H,8,10-12H2,1H3,(H,22,27)(H,23,25)/t13-/m1/s1. The van der Waals surface area contributed by atoms with E-state index in [1.165, 1.54) is 0 Å². The number of fused-ring (bicyclic) bond motifs is 1. The number of ether oxygens (including phenoxy) is 3. The zero-order chi connectivity index (χ0) is 21.1. The lowest BCUT2D eigenvalue weighted by molar-refractivity contribution is -0.127. The monoisotopic (exact) mass is 411 g/mol. The molecule has 9 heteroatoms. The highest BCUT2D eigenvalue weighted by atomic mass is 16.7. The van der Waals surface area contributed by atoms with Crippen molar-refractivity contribution in [2.75, 3.05) is 37.2 Å². The van der Waals surface area contributed by atoms with Crippen LogP contribution in [0, 0.1) is 5.92 Å². The highest BCUT2D eigenvalue weighted by Gasteiger charge is 2.35. The number of amides is 3. The average molecular weight is 411 g/mol. The van der Waals surface area contributed by atoms with E-state index in [4.69, 9.17) is 14.2 Å². The van der Waals surface area contributed by atoms with E-state index >= 15 is 0 Å². The van der Waals surface area contributed by atoms with E-state index in [1.807, 2.05) is 0 Å². The molecule has 4 rings (SSSR count). The smallest absolute Gasteiger partial charge is 0.243 e. The Morgan fingerprint density at radius 1 is 1.13 bits per heavy atom. The summed E-state index contributed by atoms with van der Waals surface area (Å²) >= 11 is 0. The zero-order valence-electron chi connectivity index (χ0n) is 16.3. The van der Waals surface area contributed by atoms with Gasteiger partial charge in [-0.2, -0.15) is 0 Å². The quantitative estimate of drug-likeness (QED) is 0.747. The largest absolute Gasteiger partial charge is 0.497 e. The summed E-state index contributed by atoms with van der Waals surface area (Å²) < 4.78 is 15.6. The van der Waals surface area contributed by atoms with Gasteiger partial charge < -0.3 is 29.7 Å². The van der Waals surface area contributed by atoms with Crippen molar-refractivity contribution in [3.8, 4) is 17.2 Å². The fraction of sp³-hybridized carbons (Fsp3) is 0.286. The lowest BCUT2D eigenvalue weighted by atomic mass is 10.1. The molecule has 0 radical (unpaired) electrons. The summed E-state index contributed by atoms with van der Waals surface area (Å²) in [6.07, 6.45) is 0.0989. The minimum absolute atomic E-state index is 0.0989. The summed E-state index contributed by atoms with van der Waals surface area (Å²) in [6, 6.07) is 12.1. The van der Waals surface area contributed by atoms with Crippen LogP contribution >= 0.6 is 0 Å². The third-order valence-electron chi connectivity index (χ3n) is 4.96. The Balaban J connectivity index is 1.28. The van der Waals surface area contributed by atoms with Gasteiger partial charge in [-0.25, -0.2) is 0 Å². The minimum atomic E-state index is -0.516. The first-order valence-electron chi connectivity index (χ1n) is 9.45. The van der Waals surface area contributed by atoms with Crippen LogP contribution in [0.25, 0.3) is 0 Å². The number of anilines is 2. The molecule has 0 unspecified atom stereocenters. The maximum atomic E-state index is 12.5. The average Bonchev–Trinajstić information content (AvgIpc) is 3.38. The lowest BCUT2D eigenvalue weighted by Gasteiger charge is -2.17. The lowest BCUT2D eigenvalue weighted by Crippen LogP contribution is -2.37. The summed E-state index contributed by atoms with van der Waals surface area (Å²) in [7, 11) is 1.57. The minimum Gasteiger partial charge on any atom is -0.497 e. The molecule has 1 fully saturated rings. The summed E-state index contributed by atoms with van der Waals surface area (Å²) in [5.41, 5.74) is 1.25. The number of hydrogen-bond acceptors (Lipinski definition) is 6. The van der Waals surface area contributed by atoms with Crippen LogP contribution in [0.5, 0.6) is 17.2 Å². The first kappa shape index (κ1) is 19.6. The van der Waals surface area contributed by atoms with Crippen molar-refractivity contribution in [1.29, 1.82) is 0 Å². The fourth-order valence-electron chi connectivity index (χ4n) is 3.39. The van der Waals surface area contributed by atoms with Crippen molar-refractivity contribution in [2.45, 2.75) is 6.42 Å². The summed E-state index contributed by atoms with van der Waals surface area (Å²) in [5.74, 6) is 0.503. The van der Waals surface area contributed by atoms with Crippen molar-refractivity contribution in [1.82, 2.24) is 5.32 Å². The van der Waals surface area contributed by atoms with E-state index in [2.05, 4.69) is 10.6 Å². The fourth-order valence-corrected chi connectivity index (χ4v) is 3.39. The number of nitrogens with one attached hydrogen (secondary N) is 2. The van der Waals surface area contributed by atoms with Crippen LogP contribution in [-0.2, 0) is 14.4 Å². The Bertz CT molecular complexity index is 975. The molecule has 1 saturated heterocycles. The van der Waals surface area contributed by atoms with Crippen molar-refractivity contribution < 1.29 is 28.6 Å². The molecule has 30 heavy (non-hydrogen) atoms. The number of rotatable bonds is 6. The number of nitrogens with zero attached hydrogens (tertiary/aromatic N) is 1. The Labute approximate surface area is 172 Å². The molecular weight excluding hydrogens is 390 g/mol. The molecule has 2 heterocycles. The second-order valence-corrected chi connectivity index (χ2v) is 6.94. The van der Waals surface area contributed by atoms with Gasteiger partial charge in [-0.05, 0) is 36.4 Å². The number of methoxy groups -OCH3 is 1. The van der Waals surface area contributed by atoms with Crippen molar-refractivity contribution in [3.63, 3.8) is 0 Å². The summed E-state index contributed by atoms with van der Waals surface area (Å²) in [6.45, 7) is 0.220. The maximum absolute atomic E-state index is 12.5. The van der Waals surface area contributed by atoms with E-state index in [0.717, 1.165) is 0 Å². The molecular formula is C21H21N3O6. The predicted octanol–water partition coefficient (Wildman–Crippen LogP) is 1.53. The maximum Gasteiger partial charge on any atom is 0.243 e. The third kappa shape index (κ3) is 4.14. The molecule has 0 aromatic heterocycles. The Hall–Kier alpha value is -3.75. The van der Waals surface area contributed by atoms with Gasteiger partial charge in [-0.1, -0.05) is 0 Å². The summed E-state index contributed by atoms with van der Waals surface area (Å²) in [5, 5.41) is 5.30. The van der Waals surface area contributed by atoms with Crippen molar-refractivity contribution in [2.24, 2.45) is 5.92 Å². The SMILES string of the molecule is COc1ccc(N2C[C@H](C(=O)NCC(=O)Nc3ccc4c(c3)OCO4)CC2=O)cc1. The van der Waals surface area contributed by atoms with E-state index < -0.39 is 5.92 Å². The molecule has 9 nitrogen and oxygen atoms in total. The van der Waals surface area contributed by atoms with Crippen LogP contribution in [-0.4, -0.2) is 44.7 Å². The molecule has 2 aromatic rings. The second-order valence-electron chi connectivity index (χ2n) is 6.94. The molecule has 156 valence electrons. The molecule has 1 atom stereocenters. The first-order chi connectivity index (χ1) is 14.5. The Morgan fingerprint density at radius 3 is 2.67 bits per heavy atom. The molecule has 2 N–H and O–H groups in total. The zero-order valence-corrected chi connectivity index (χ0v) is 16.3. The van der Waals surface area contributed by atoms with E-state index in [-0.39, 0.29) is 44.0 Å². The topological polar surface area (TPSA) is 106 Å². The molecule has 3 amide bonds. The van der Waals surface area contributed by atoms with Gasteiger partial charge in [0.1, 0.15) is 5.75 Å². The Morgan fingerprint density at radius 2 is 1.90 bits per heavy atom. The predicted molar refractivity (Wildman–Crippen MR) is 108 cm³/mol. The van der Waals surface area contributed by atoms with Gasteiger partial charge in [0.15, 0.2) is 11.5 Å². The normalized spacial score (nSPS) is 17.0. The molecule has 0 aliphatic carbocycles. The second kappa shape index (κ2) is 8.32. The van der Waals surface area contributed by atoms with Gasteiger partial charge in [0.25, 0.3) is 0 Å². The molecule has 2 aliphatic heterocycles. The van der Waals surface area contributed by atoms with Crippen molar-refractivity contribution >= 4 is 29.1 Å². The highest BCUT2D eigenvalue weighted by molar-refractivity contribution is 6.01.